The van der Waals surface area contributed by atoms with Gasteiger partial charge in [0, 0.05) is 6.54 Å². The summed E-state index contributed by atoms with van der Waals surface area (Å²) in [5, 5.41) is 8.81. The van der Waals surface area contributed by atoms with Crippen LogP contribution in [0.2, 0.25) is 0 Å². The molecule has 0 saturated heterocycles. The van der Waals surface area contributed by atoms with Crippen molar-refractivity contribution in [1.82, 2.24) is 4.72 Å². The Hall–Kier alpha value is -2.16. The third-order valence-corrected chi connectivity index (χ3v) is 4.38. The lowest BCUT2D eigenvalue weighted by molar-refractivity contribution is 0.580. The zero-order chi connectivity index (χ0) is 15.1. The molecule has 0 atom stereocenters. The summed E-state index contributed by atoms with van der Waals surface area (Å²) >= 11 is 0. The van der Waals surface area contributed by atoms with Crippen molar-refractivity contribution in [2.75, 3.05) is 5.75 Å². The van der Waals surface area contributed by atoms with Gasteiger partial charge < -0.3 is 0 Å². The van der Waals surface area contributed by atoms with Crippen molar-refractivity contribution >= 4 is 10.0 Å². The van der Waals surface area contributed by atoms with Gasteiger partial charge in [-0.1, -0.05) is 42.5 Å². The van der Waals surface area contributed by atoms with Crippen LogP contribution < -0.4 is 4.72 Å². The van der Waals surface area contributed by atoms with E-state index in [0.717, 1.165) is 11.1 Å². The Kier molecular flexibility index (Phi) is 5.09. The molecular weight excluding hydrogens is 284 g/mol. The Balaban J connectivity index is 1.90. The highest BCUT2D eigenvalue weighted by molar-refractivity contribution is 7.89. The fourth-order valence-corrected chi connectivity index (χ4v) is 2.95. The van der Waals surface area contributed by atoms with E-state index in [2.05, 4.69) is 4.72 Å². The van der Waals surface area contributed by atoms with Gasteiger partial charge in [-0.15, -0.1) is 0 Å². The highest BCUT2D eigenvalue weighted by Crippen LogP contribution is 2.05. The second kappa shape index (κ2) is 7.02. The number of nitrogens with zero attached hydrogens (tertiary/aromatic N) is 1. The Morgan fingerprint density at radius 1 is 1.00 bits per heavy atom. The van der Waals surface area contributed by atoms with E-state index in [1.165, 1.54) is 0 Å². The minimum Gasteiger partial charge on any atom is -0.212 e. The molecule has 0 saturated carbocycles. The molecule has 0 aromatic heterocycles. The Bertz CT molecular complexity index is 734. The summed E-state index contributed by atoms with van der Waals surface area (Å²) in [7, 11) is -3.33. The lowest BCUT2D eigenvalue weighted by Gasteiger charge is -2.07. The van der Waals surface area contributed by atoms with Crippen molar-refractivity contribution in [3.63, 3.8) is 0 Å². The van der Waals surface area contributed by atoms with E-state index in [-0.39, 0.29) is 12.3 Å². The molecule has 0 aliphatic heterocycles. The van der Waals surface area contributed by atoms with E-state index in [1.54, 1.807) is 24.3 Å². The van der Waals surface area contributed by atoms with Gasteiger partial charge in [0.05, 0.1) is 17.4 Å². The third-order valence-electron chi connectivity index (χ3n) is 3.05. The number of aryl methyl sites for hydroxylation is 1. The smallest absolute Gasteiger partial charge is 0.212 e. The van der Waals surface area contributed by atoms with Crippen LogP contribution in [0.15, 0.2) is 54.6 Å². The zero-order valence-corrected chi connectivity index (χ0v) is 12.3. The quantitative estimate of drug-likeness (QED) is 0.889. The normalized spacial score (nSPS) is 11.0. The average Bonchev–Trinajstić information content (AvgIpc) is 2.52. The molecule has 0 aliphatic rings. The van der Waals surface area contributed by atoms with E-state index in [0.29, 0.717) is 12.0 Å². The Labute approximate surface area is 125 Å². The van der Waals surface area contributed by atoms with Crippen LogP contribution in [0.5, 0.6) is 0 Å². The minimum absolute atomic E-state index is 0.0505. The number of nitriles is 1. The fourth-order valence-electron chi connectivity index (χ4n) is 1.91. The van der Waals surface area contributed by atoms with Gasteiger partial charge in [0.2, 0.25) is 10.0 Å². The first-order valence-corrected chi connectivity index (χ1v) is 8.24. The first-order valence-electron chi connectivity index (χ1n) is 6.59. The van der Waals surface area contributed by atoms with Gasteiger partial charge in [-0.25, -0.2) is 13.1 Å². The maximum atomic E-state index is 12.0. The van der Waals surface area contributed by atoms with Crippen LogP contribution in [0, 0.1) is 11.3 Å². The molecule has 5 heteroatoms. The minimum atomic E-state index is -3.33. The lowest BCUT2D eigenvalue weighted by atomic mass is 10.1. The second-order valence-corrected chi connectivity index (χ2v) is 6.61. The van der Waals surface area contributed by atoms with Crippen molar-refractivity contribution in [2.24, 2.45) is 0 Å². The largest absolute Gasteiger partial charge is 0.212 e. The van der Waals surface area contributed by atoms with Gasteiger partial charge in [0.15, 0.2) is 0 Å². The summed E-state index contributed by atoms with van der Waals surface area (Å²) < 4.78 is 26.5. The van der Waals surface area contributed by atoms with Gasteiger partial charge in [0.1, 0.15) is 0 Å². The molecule has 2 aromatic carbocycles. The third kappa shape index (κ3) is 5.03. The maximum absolute atomic E-state index is 12.0. The van der Waals surface area contributed by atoms with Gasteiger partial charge in [0.25, 0.3) is 0 Å². The molecule has 1 N–H and O–H groups in total. The summed E-state index contributed by atoms with van der Waals surface area (Å²) in [5.41, 5.74) is 2.29. The first-order chi connectivity index (χ1) is 10.1. The van der Waals surface area contributed by atoms with Crippen LogP contribution in [0.4, 0.5) is 0 Å². The molecule has 4 nitrogen and oxygen atoms in total. The highest BCUT2D eigenvalue weighted by atomic mass is 32.2. The molecule has 0 amide bonds. The van der Waals surface area contributed by atoms with E-state index < -0.39 is 10.0 Å². The van der Waals surface area contributed by atoms with Crippen LogP contribution in [0.25, 0.3) is 0 Å². The number of rotatable bonds is 6. The van der Waals surface area contributed by atoms with Crippen molar-refractivity contribution in [2.45, 2.75) is 13.0 Å². The summed E-state index contributed by atoms with van der Waals surface area (Å²) in [4.78, 5) is 0. The predicted octanol–water partition coefficient (Wildman–Crippen LogP) is 2.22. The SMILES string of the molecule is N#Cc1cccc(CNS(=O)(=O)CCc2ccccc2)c1. The highest BCUT2D eigenvalue weighted by Gasteiger charge is 2.10. The molecule has 2 aromatic rings. The van der Waals surface area contributed by atoms with Crippen molar-refractivity contribution in [3.8, 4) is 6.07 Å². The molecule has 0 radical (unpaired) electrons. The standard InChI is InChI=1S/C16H16N2O2S/c17-12-15-7-4-8-16(11-15)13-18-21(19,20)10-9-14-5-2-1-3-6-14/h1-8,11,18H,9-10,13H2. The summed E-state index contributed by atoms with van der Waals surface area (Å²) in [5.74, 6) is 0.0505. The van der Waals surface area contributed by atoms with E-state index in [4.69, 9.17) is 5.26 Å². The molecule has 0 heterocycles. The van der Waals surface area contributed by atoms with E-state index in [1.807, 2.05) is 36.4 Å². The zero-order valence-electron chi connectivity index (χ0n) is 11.5. The van der Waals surface area contributed by atoms with Gasteiger partial charge in [-0.05, 0) is 29.7 Å². The van der Waals surface area contributed by atoms with Crippen LogP contribution in [0.1, 0.15) is 16.7 Å². The Morgan fingerprint density at radius 2 is 1.71 bits per heavy atom. The molecule has 108 valence electrons. The number of sulfonamides is 1. The molecule has 0 aliphatic carbocycles. The summed E-state index contributed by atoms with van der Waals surface area (Å²) in [6.07, 6.45) is 0.481. The first kappa shape index (κ1) is 15.2. The molecule has 0 spiro atoms. The monoisotopic (exact) mass is 300 g/mol. The van der Waals surface area contributed by atoms with E-state index in [9.17, 15) is 8.42 Å². The average molecular weight is 300 g/mol. The van der Waals surface area contributed by atoms with Crippen LogP contribution in [-0.2, 0) is 23.0 Å². The van der Waals surface area contributed by atoms with Crippen molar-refractivity contribution in [3.05, 3.63) is 71.3 Å². The molecule has 0 fully saturated rings. The van der Waals surface area contributed by atoms with Crippen molar-refractivity contribution < 1.29 is 8.42 Å². The van der Waals surface area contributed by atoms with Crippen LogP contribution in [-0.4, -0.2) is 14.2 Å². The topological polar surface area (TPSA) is 70.0 Å². The number of hydrogen-bond acceptors (Lipinski definition) is 3. The van der Waals surface area contributed by atoms with Crippen LogP contribution in [0.3, 0.4) is 0 Å². The van der Waals surface area contributed by atoms with Gasteiger partial charge >= 0.3 is 0 Å². The fraction of sp³-hybridized carbons (Fsp3) is 0.188. The number of benzene rings is 2. The van der Waals surface area contributed by atoms with Gasteiger partial charge in [-0.2, -0.15) is 5.26 Å². The Morgan fingerprint density at radius 3 is 2.43 bits per heavy atom. The second-order valence-electron chi connectivity index (χ2n) is 4.69. The summed E-state index contributed by atoms with van der Waals surface area (Å²) in [6.45, 7) is 0.201. The maximum Gasteiger partial charge on any atom is 0.212 e. The molecule has 0 unspecified atom stereocenters. The summed E-state index contributed by atoms with van der Waals surface area (Å²) in [6, 6.07) is 18.4. The van der Waals surface area contributed by atoms with Gasteiger partial charge in [-0.3, -0.25) is 0 Å². The van der Waals surface area contributed by atoms with E-state index >= 15 is 0 Å². The molecular formula is C16H16N2O2S. The predicted molar refractivity (Wildman–Crippen MR) is 81.9 cm³/mol. The van der Waals surface area contributed by atoms with Crippen molar-refractivity contribution in [1.29, 1.82) is 5.26 Å². The molecule has 2 rings (SSSR count). The number of nitrogens with one attached hydrogen (secondary N) is 1. The molecule has 21 heavy (non-hydrogen) atoms. The lowest BCUT2D eigenvalue weighted by Crippen LogP contribution is -2.26. The number of hydrogen-bond donors (Lipinski definition) is 1. The molecule has 0 bridgehead atoms. The van der Waals surface area contributed by atoms with Crippen LogP contribution >= 0.6 is 0 Å².